The number of nitrogens with zero attached hydrogens (tertiary/aromatic N) is 1. The second-order valence-electron chi connectivity index (χ2n) is 5.53. The number of carboxylic acids is 1. The van der Waals surface area contributed by atoms with E-state index in [0.717, 1.165) is 0 Å². The highest BCUT2D eigenvalue weighted by Gasteiger charge is 2.35. The Morgan fingerprint density at radius 2 is 1.71 bits per heavy atom. The van der Waals surface area contributed by atoms with Crippen molar-refractivity contribution < 1.29 is 19.5 Å². The van der Waals surface area contributed by atoms with Crippen molar-refractivity contribution in [2.24, 2.45) is 5.41 Å². The van der Waals surface area contributed by atoms with Crippen LogP contribution in [0.25, 0.3) is 0 Å². The van der Waals surface area contributed by atoms with E-state index in [1.54, 1.807) is 13.8 Å². The predicted molar refractivity (Wildman–Crippen MR) is 80.0 cm³/mol. The molecule has 0 aliphatic carbocycles. The molecule has 122 valence electrons. The van der Waals surface area contributed by atoms with Gasteiger partial charge in [0.15, 0.2) is 0 Å². The van der Waals surface area contributed by atoms with Gasteiger partial charge in [0.1, 0.15) is 6.54 Å². The monoisotopic (exact) mass is 301 g/mol. The molecule has 21 heavy (non-hydrogen) atoms. The van der Waals surface area contributed by atoms with Crippen LogP contribution in [0.5, 0.6) is 0 Å². The Labute approximate surface area is 126 Å². The summed E-state index contributed by atoms with van der Waals surface area (Å²) in [4.78, 5) is 36.0. The van der Waals surface area contributed by atoms with Gasteiger partial charge in [-0.2, -0.15) is 0 Å². The zero-order chi connectivity index (χ0) is 16.6. The first-order valence-corrected chi connectivity index (χ1v) is 7.20. The Morgan fingerprint density at radius 1 is 1.19 bits per heavy atom. The number of carboxylic acid groups (broad SMARTS) is 1. The van der Waals surface area contributed by atoms with Crippen LogP contribution in [0.4, 0.5) is 4.79 Å². The molecule has 0 rings (SSSR count). The fraction of sp³-hybridized carbons (Fsp3) is 0.786. The first kappa shape index (κ1) is 19.2. The van der Waals surface area contributed by atoms with Crippen molar-refractivity contribution in [2.75, 3.05) is 20.1 Å². The summed E-state index contributed by atoms with van der Waals surface area (Å²) in [5.74, 6) is -1.17. The molecule has 0 fully saturated rings. The number of likely N-dealkylation sites (N-methyl/N-ethyl adjacent to an activating group) is 1. The topological polar surface area (TPSA) is 98.7 Å². The molecule has 0 aliphatic rings. The van der Waals surface area contributed by atoms with Crippen molar-refractivity contribution in [2.45, 2.75) is 46.6 Å². The smallest absolute Gasteiger partial charge is 0.317 e. The van der Waals surface area contributed by atoms with Crippen molar-refractivity contribution in [1.29, 1.82) is 0 Å². The molecule has 0 atom stereocenters. The van der Waals surface area contributed by atoms with E-state index in [-0.39, 0.29) is 25.0 Å². The van der Waals surface area contributed by atoms with Gasteiger partial charge in [-0.15, -0.1) is 0 Å². The normalized spacial score (nSPS) is 11.1. The van der Waals surface area contributed by atoms with Gasteiger partial charge in [0.25, 0.3) is 0 Å². The number of carbonyl (C=O) groups is 3. The fourth-order valence-electron chi connectivity index (χ4n) is 1.91. The molecule has 0 bridgehead atoms. The number of rotatable bonds is 8. The second kappa shape index (κ2) is 8.49. The molecule has 0 saturated carbocycles. The van der Waals surface area contributed by atoms with E-state index in [1.165, 1.54) is 11.9 Å². The van der Waals surface area contributed by atoms with Crippen LogP contribution in [0.3, 0.4) is 0 Å². The molecule has 0 saturated heterocycles. The third-order valence-corrected chi connectivity index (χ3v) is 3.56. The van der Waals surface area contributed by atoms with Crippen LogP contribution in [0.1, 0.15) is 40.5 Å². The van der Waals surface area contributed by atoms with Crippen molar-refractivity contribution in [3.8, 4) is 0 Å². The standard InChI is InChI=1S/C14H27N3O4/c1-6-14(7-2,12(19)20)9-15-13(21)17(5)8-11(18)16-10(3)4/h10H,6-9H2,1-5H3,(H,15,21)(H,16,18)(H,19,20). The lowest BCUT2D eigenvalue weighted by Crippen LogP contribution is -2.48. The predicted octanol–water partition coefficient (Wildman–Crippen LogP) is 1.04. The van der Waals surface area contributed by atoms with Gasteiger partial charge in [-0.25, -0.2) is 4.79 Å². The van der Waals surface area contributed by atoms with Crippen molar-refractivity contribution in [3.63, 3.8) is 0 Å². The maximum absolute atomic E-state index is 11.9. The minimum absolute atomic E-state index is 0.00815. The summed E-state index contributed by atoms with van der Waals surface area (Å²) in [7, 11) is 1.50. The molecule has 7 nitrogen and oxygen atoms in total. The molecule has 0 unspecified atom stereocenters. The SMILES string of the molecule is CCC(CC)(CNC(=O)N(C)CC(=O)NC(C)C)C(=O)O. The van der Waals surface area contributed by atoms with Crippen molar-refractivity contribution in [1.82, 2.24) is 15.5 Å². The Kier molecular flexibility index (Phi) is 7.76. The van der Waals surface area contributed by atoms with Crippen molar-refractivity contribution in [3.05, 3.63) is 0 Å². The van der Waals surface area contributed by atoms with Crippen LogP contribution in [0.2, 0.25) is 0 Å². The summed E-state index contributed by atoms with van der Waals surface area (Å²) in [5, 5.41) is 14.6. The fourth-order valence-corrected chi connectivity index (χ4v) is 1.91. The van der Waals surface area contributed by atoms with Gasteiger partial charge in [-0.1, -0.05) is 13.8 Å². The average molecular weight is 301 g/mol. The van der Waals surface area contributed by atoms with Crippen LogP contribution in [-0.4, -0.2) is 54.1 Å². The molecule has 0 heterocycles. The van der Waals surface area contributed by atoms with Gasteiger partial charge < -0.3 is 20.6 Å². The van der Waals surface area contributed by atoms with Gasteiger partial charge in [-0.3, -0.25) is 9.59 Å². The van der Waals surface area contributed by atoms with E-state index in [1.807, 2.05) is 13.8 Å². The van der Waals surface area contributed by atoms with Gasteiger partial charge >= 0.3 is 12.0 Å². The highest BCUT2D eigenvalue weighted by atomic mass is 16.4. The number of hydrogen-bond acceptors (Lipinski definition) is 3. The number of amides is 3. The third-order valence-electron chi connectivity index (χ3n) is 3.56. The molecule has 0 aliphatic heterocycles. The summed E-state index contributed by atoms with van der Waals surface area (Å²) in [5.41, 5.74) is -0.962. The Morgan fingerprint density at radius 3 is 2.10 bits per heavy atom. The van der Waals surface area contributed by atoms with Crippen LogP contribution in [-0.2, 0) is 9.59 Å². The highest BCUT2D eigenvalue weighted by molar-refractivity contribution is 5.84. The number of nitrogens with one attached hydrogen (secondary N) is 2. The summed E-state index contributed by atoms with van der Waals surface area (Å²) in [6.45, 7) is 7.21. The molecule has 3 amide bonds. The van der Waals surface area contributed by atoms with E-state index in [9.17, 15) is 19.5 Å². The first-order chi connectivity index (χ1) is 9.68. The minimum atomic E-state index is -0.962. The molecule has 0 spiro atoms. The zero-order valence-corrected chi connectivity index (χ0v) is 13.5. The Balaban J connectivity index is 4.48. The first-order valence-electron chi connectivity index (χ1n) is 7.20. The summed E-state index contributed by atoms with van der Waals surface area (Å²) >= 11 is 0. The quantitative estimate of drug-likeness (QED) is 0.624. The average Bonchev–Trinajstić information content (AvgIpc) is 2.38. The number of urea groups is 1. The molecule has 0 aromatic rings. The molecule has 0 aromatic heterocycles. The minimum Gasteiger partial charge on any atom is -0.481 e. The molecule has 0 aromatic carbocycles. The lowest BCUT2D eigenvalue weighted by atomic mass is 9.82. The summed E-state index contributed by atoms with van der Waals surface area (Å²) in [6.07, 6.45) is 0.854. The van der Waals surface area contributed by atoms with E-state index in [4.69, 9.17) is 0 Å². The van der Waals surface area contributed by atoms with Gasteiger partial charge in [-0.05, 0) is 26.7 Å². The Bertz CT molecular complexity index is 378. The van der Waals surface area contributed by atoms with Crippen molar-refractivity contribution >= 4 is 17.9 Å². The molecular formula is C14H27N3O4. The number of aliphatic carboxylic acids is 1. The largest absolute Gasteiger partial charge is 0.481 e. The van der Waals surface area contributed by atoms with Crippen LogP contribution < -0.4 is 10.6 Å². The van der Waals surface area contributed by atoms with Gasteiger partial charge in [0.2, 0.25) is 5.91 Å². The van der Waals surface area contributed by atoms with Crippen LogP contribution in [0, 0.1) is 5.41 Å². The lowest BCUT2D eigenvalue weighted by molar-refractivity contribution is -0.149. The van der Waals surface area contributed by atoms with E-state index < -0.39 is 17.4 Å². The summed E-state index contributed by atoms with van der Waals surface area (Å²) < 4.78 is 0. The Hall–Kier alpha value is -1.79. The highest BCUT2D eigenvalue weighted by Crippen LogP contribution is 2.25. The maximum Gasteiger partial charge on any atom is 0.317 e. The summed E-state index contributed by atoms with van der Waals surface area (Å²) in [6, 6.07) is -0.449. The molecule has 3 N–H and O–H groups in total. The van der Waals surface area contributed by atoms with Crippen LogP contribution in [0.15, 0.2) is 0 Å². The molecular weight excluding hydrogens is 274 g/mol. The zero-order valence-electron chi connectivity index (χ0n) is 13.5. The van der Waals surface area contributed by atoms with E-state index in [0.29, 0.717) is 12.8 Å². The lowest BCUT2D eigenvalue weighted by Gasteiger charge is -2.28. The number of carbonyl (C=O) groups excluding carboxylic acids is 2. The van der Waals surface area contributed by atoms with Gasteiger partial charge in [0, 0.05) is 19.6 Å². The van der Waals surface area contributed by atoms with E-state index in [2.05, 4.69) is 10.6 Å². The number of hydrogen-bond donors (Lipinski definition) is 3. The third kappa shape index (κ3) is 6.01. The van der Waals surface area contributed by atoms with E-state index >= 15 is 0 Å². The van der Waals surface area contributed by atoms with Gasteiger partial charge in [0.05, 0.1) is 5.41 Å². The molecule has 7 heteroatoms. The second-order valence-corrected chi connectivity index (χ2v) is 5.53. The van der Waals surface area contributed by atoms with Crippen LogP contribution >= 0.6 is 0 Å². The molecule has 0 radical (unpaired) electrons. The maximum atomic E-state index is 11.9.